The second-order valence-electron chi connectivity index (χ2n) is 10.8. The number of methoxy groups -OCH3 is 2. The number of carbonyl (C=O) groups excluding carboxylic acids is 1. The molecule has 5 heterocycles. The predicted molar refractivity (Wildman–Crippen MR) is 168 cm³/mol. The monoisotopic (exact) mass is 611 g/mol. The van der Waals surface area contributed by atoms with Gasteiger partial charge in [0.2, 0.25) is 0 Å². The number of amides is 1. The molecule has 14 heteroatoms. The van der Waals surface area contributed by atoms with Crippen molar-refractivity contribution >= 4 is 34.4 Å². The highest BCUT2D eigenvalue weighted by atomic mass is 16.5. The summed E-state index contributed by atoms with van der Waals surface area (Å²) in [4.78, 5) is 38.4. The van der Waals surface area contributed by atoms with E-state index < -0.39 is 6.03 Å². The Morgan fingerprint density at radius 2 is 1.91 bits per heavy atom. The molecule has 0 aliphatic carbocycles. The van der Waals surface area contributed by atoms with Crippen molar-refractivity contribution in [1.29, 1.82) is 0 Å². The Hall–Kier alpha value is -5.50. The van der Waals surface area contributed by atoms with Crippen molar-refractivity contribution in [2.75, 3.05) is 38.1 Å². The van der Waals surface area contributed by atoms with Crippen LogP contribution in [0.2, 0.25) is 0 Å². The number of rotatable bonds is 6. The van der Waals surface area contributed by atoms with Gasteiger partial charge in [-0.3, -0.25) is 9.36 Å². The van der Waals surface area contributed by atoms with Crippen LogP contribution in [-0.4, -0.2) is 69.2 Å². The van der Waals surface area contributed by atoms with Crippen molar-refractivity contribution in [3.05, 3.63) is 82.2 Å². The van der Waals surface area contributed by atoms with Crippen LogP contribution >= 0.6 is 0 Å². The first-order valence-electron chi connectivity index (χ1n) is 14.3. The molecule has 1 aliphatic heterocycles. The van der Waals surface area contributed by atoms with Crippen LogP contribution in [0.1, 0.15) is 23.7 Å². The quantitative estimate of drug-likeness (QED) is 0.290. The molecule has 0 unspecified atom stereocenters. The minimum Gasteiger partial charge on any atom is -0.497 e. The van der Waals surface area contributed by atoms with Crippen LogP contribution in [0.5, 0.6) is 11.5 Å². The normalized spacial score (nSPS) is 14.9. The van der Waals surface area contributed by atoms with Crippen molar-refractivity contribution in [3.8, 4) is 17.3 Å². The third kappa shape index (κ3) is 5.99. The van der Waals surface area contributed by atoms with E-state index in [4.69, 9.17) is 19.2 Å². The SMILES string of the molecule is COc1ccc(CN(C)c2cc3nc4c2ncn4C(=O)N[C@H](C)COCc2cc(c(=O)n(-c4ccc(C)nn4)c2)N3)c(OC)c1. The number of anilines is 3. The number of hydrogen-bond acceptors (Lipinski definition) is 11. The summed E-state index contributed by atoms with van der Waals surface area (Å²) in [5.74, 6) is 2.05. The molecule has 232 valence electrons. The first kappa shape index (κ1) is 29.6. The Labute approximate surface area is 258 Å². The Bertz CT molecular complexity index is 1940. The molecule has 0 spiro atoms. The summed E-state index contributed by atoms with van der Waals surface area (Å²) in [6, 6.07) is 11.9. The number of aryl methyl sites for hydroxylation is 1. The number of hydrogen-bond donors (Lipinski definition) is 2. The fourth-order valence-corrected chi connectivity index (χ4v) is 5.11. The average molecular weight is 612 g/mol. The lowest BCUT2D eigenvalue weighted by Crippen LogP contribution is -2.38. The molecule has 0 saturated carbocycles. The smallest absolute Gasteiger partial charge is 0.328 e. The van der Waals surface area contributed by atoms with Gasteiger partial charge in [-0.2, -0.15) is 5.10 Å². The van der Waals surface area contributed by atoms with Crippen molar-refractivity contribution in [2.45, 2.75) is 33.0 Å². The number of nitrogens with zero attached hydrogens (tertiary/aromatic N) is 7. The molecule has 1 amide bonds. The molecule has 4 bridgehead atoms. The Morgan fingerprint density at radius 1 is 1.07 bits per heavy atom. The lowest BCUT2D eigenvalue weighted by Gasteiger charge is -2.22. The van der Waals surface area contributed by atoms with Crippen LogP contribution < -0.4 is 30.6 Å². The topological polar surface area (TPSA) is 151 Å². The van der Waals surface area contributed by atoms with Crippen molar-refractivity contribution in [2.24, 2.45) is 0 Å². The molecule has 5 aromatic rings. The molecule has 0 fully saturated rings. The van der Waals surface area contributed by atoms with Gasteiger partial charge in [0.05, 0.1) is 44.9 Å². The van der Waals surface area contributed by atoms with E-state index in [9.17, 15) is 9.59 Å². The summed E-state index contributed by atoms with van der Waals surface area (Å²) in [6.45, 7) is 4.54. The second-order valence-corrected chi connectivity index (χ2v) is 10.8. The molecular weight excluding hydrogens is 578 g/mol. The van der Waals surface area contributed by atoms with Crippen molar-refractivity contribution in [3.63, 3.8) is 0 Å². The largest absolute Gasteiger partial charge is 0.497 e. The van der Waals surface area contributed by atoms with E-state index in [1.165, 1.54) is 15.5 Å². The minimum absolute atomic E-state index is 0.189. The number of benzene rings is 1. The van der Waals surface area contributed by atoms with Crippen LogP contribution in [-0.2, 0) is 17.9 Å². The van der Waals surface area contributed by atoms with E-state index in [1.54, 1.807) is 44.7 Å². The van der Waals surface area contributed by atoms with E-state index in [-0.39, 0.29) is 30.5 Å². The molecule has 14 nitrogen and oxygen atoms in total. The highest BCUT2D eigenvalue weighted by Crippen LogP contribution is 2.32. The zero-order valence-corrected chi connectivity index (χ0v) is 25.6. The summed E-state index contributed by atoms with van der Waals surface area (Å²) in [6.07, 6.45) is 3.11. The van der Waals surface area contributed by atoms with E-state index in [0.717, 1.165) is 11.3 Å². The van der Waals surface area contributed by atoms with Crippen LogP contribution in [0, 0.1) is 6.92 Å². The van der Waals surface area contributed by atoms with Crippen LogP contribution in [0.25, 0.3) is 17.0 Å². The maximum absolute atomic E-state index is 13.8. The lowest BCUT2D eigenvalue weighted by molar-refractivity contribution is 0.104. The van der Waals surface area contributed by atoms with E-state index in [1.807, 2.05) is 44.0 Å². The van der Waals surface area contributed by atoms with Gasteiger partial charge in [-0.1, -0.05) is 0 Å². The minimum atomic E-state index is -0.403. The molecule has 2 N–H and O–H groups in total. The number of imidazole rings is 1. The molecule has 45 heavy (non-hydrogen) atoms. The first-order chi connectivity index (χ1) is 21.7. The summed E-state index contributed by atoms with van der Waals surface area (Å²) in [5.41, 5.74) is 3.73. The summed E-state index contributed by atoms with van der Waals surface area (Å²) < 4.78 is 19.7. The number of fused-ring (bicyclic) bond motifs is 3. The summed E-state index contributed by atoms with van der Waals surface area (Å²) >= 11 is 0. The van der Waals surface area contributed by atoms with Gasteiger partial charge in [-0.15, -0.1) is 5.10 Å². The molecule has 0 radical (unpaired) electrons. The fourth-order valence-electron chi connectivity index (χ4n) is 5.11. The molecular formula is C31H33N9O5. The zero-order valence-electron chi connectivity index (χ0n) is 25.6. The molecule has 1 atom stereocenters. The number of ether oxygens (including phenoxy) is 3. The van der Waals surface area contributed by atoms with Crippen LogP contribution in [0.3, 0.4) is 0 Å². The second kappa shape index (κ2) is 12.2. The maximum Gasteiger partial charge on any atom is 0.328 e. The van der Waals surface area contributed by atoms with Gasteiger partial charge in [-0.25, -0.2) is 19.3 Å². The third-order valence-electron chi connectivity index (χ3n) is 7.39. The third-order valence-corrected chi connectivity index (χ3v) is 7.39. The number of aromatic nitrogens is 6. The number of carbonyl (C=O) groups is 1. The Kier molecular flexibility index (Phi) is 8.04. The first-order valence-corrected chi connectivity index (χ1v) is 14.3. The van der Waals surface area contributed by atoms with Gasteiger partial charge in [0.15, 0.2) is 11.5 Å². The Balaban J connectivity index is 1.48. The number of nitrogens with one attached hydrogen (secondary N) is 2. The van der Waals surface area contributed by atoms with E-state index in [2.05, 4.69) is 25.8 Å². The van der Waals surface area contributed by atoms with Crippen LogP contribution in [0.15, 0.2) is 59.8 Å². The van der Waals surface area contributed by atoms with Gasteiger partial charge in [0.25, 0.3) is 5.56 Å². The standard InChI is InChI=1S/C31H33N9O5/c1-18-6-9-27(37-36-18)39-13-20-10-23(30(39)41)34-26-12-24(38(3)14-21-7-8-22(43-4)11-25(21)44-5)28-29(35-26)40(17-32-28)31(42)33-19(2)15-45-16-20/h6-13,17,19H,14-16H2,1-5H3,(H,33,42)(H,34,35)/t19-/m1/s1. The Morgan fingerprint density at radius 3 is 2.67 bits per heavy atom. The molecule has 1 aliphatic rings. The van der Waals surface area contributed by atoms with E-state index >= 15 is 0 Å². The van der Waals surface area contributed by atoms with Crippen molar-refractivity contribution in [1.82, 2.24) is 34.6 Å². The van der Waals surface area contributed by atoms with Gasteiger partial charge in [-0.05, 0) is 49.7 Å². The van der Waals surface area contributed by atoms with Gasteiger partial charge in [0, 0.05) is 37.5 Å². The lowest BCUT2D eigenvalue weighted by atomic mass is 10.1. The number of pyridine rings is 2. The highest BCUT2D eigenvalue weighted by molar-refractivity contribution is 5.95. The van der Waals surface area contributed by atoms with Gasteiger partial charge in [0.1, 0.15) is 34.8 Å². The fraction of sp³-hybridized carbons (Fsp3) is 0.290. The van der Waals surface area contributed by atoms with Crippen LogP contribution in [0.4, 0.5) is 22.0 Å². The predicted octanol–water partition coefficient (Wildman–Crippen LogP) is 3.55. The zero-order chi connectivity index (χ0) is 31.7. The van der Waals surface area contributed by atoms with Gasteiger partial charge < -0.3 is 29.7 Å². The van der Waals surface area contributed by atoms with Gasteiger partial charge >= 0.3 is 6.03 Å². The highest BCUT2D eigenvalue weighted by Gasteiger charge is 2.22. The molecule has 0 saturated heterocycles. The maximum atomic E-state index is 13.8. The molecule has 1 aromatic carbocycles. The molecule has 4 aromatic heterocycles. The van der Waals surface area contributed by atoms with Crippen molar-refractivity contribution < 1.29 is 19.0 Å². The summed E-state index contributed by atoms with van der Waals surface area (Å²) in [5, 5.41) is 14.5. The average Bonchev–Trinajstić information content (AvgIpc) is 3.46. The summed E-state index contributed by atoms with van der Waals surface area (Å²) in [7, 11) is 5.11. The van der Waals surface area contributed by atoms with E-state index in [0.29, 0.717) is 52.1 Å². The molecule has 6 rings (SSSR count).